The molecule has 1 aliphatic rings. The predicted molar refractivity (Wildman–Crippen MR) is 135 cm³/mol. The summed E-state index contributed by atoms with van der Waals surface area (Å²) in [5.74, 6) is -5.13. The molecule has 0 radical (unpaired) electrons. The van der Waals surface area contributed by atoms with E-state index in [4.69, 9.17) is 28.9 Å². The van der Waals surface area contributed by atoms with Gasteiger partial charge in [0.2, 0.25) is 18.0 Å². The van der Waals surface area contributed by atoms with Crippen molar-refractivity contribution in [2.75, 3.05) is 5.32 Å². The molecule has 12 heteroatoms. The van der Waals surface area contributed by atoms with Crippen molar-refractivity contribution in [1.82, 2.24) is 5.32 Å². The summed E-state index contributed by atoms with van der Waals surface area (Å²) in [5.41, 5.74) is 7.01. The number of anilines is 1. The molecule has 4 N–H and O–H groups in total. The van der Waals surface area contributed by atoms with Crippen molar-refractivity contribution < 1.29 is 27.6 Å². The Labute approximate surface area is 221 Å². The van der Waals surface area contributed by atoms with E-state index in [9.17, 15) is 27.6 Å². The van der Waals surface area contributed by atoms with E-state index in [0.717, 1.165) is 0 Å². The van der Waals surface area contributed by atoms with E-state index >= 15 is 0 Å². The van der Waals surface area contributed by atoms with Gasteiger partial charge in [0.05, 0.1) is 16.4 Å². The molecule has 3 unspecified atom stereocenters. The minimum Gasteiger partial charge on any atom is -0.369 e. The van der Waals surface area contributed by atoms with Gasteiger partial charge in [0.25, 0.3) is 5.91 Å². The lowest BCUT2D eigenvalue weighted by atomic mass is 9.83. The Hall–Kier alpha value is -3.11. The number of benzodiazepines with no additional fused rings is 1. The van der Waals surface area contributed by atoms with Gasteiger partial charge in [0.15, 0.2) is 0 Å². The smallest absolute Gasteiger partial charge is 0.369 e. The van der Waals surface area contributed by atoms with Crippen LogP contribution in [0.2, 0.25) is 10.0 Å². The normalized spacial score (nSPS) is 17.1. The van der Waals surface area contributed by atoms with Gasteiger partial charge in [-0.05, 0) is 31.0 Å². The highest BCUT2D eigenvalue weighted by molar-refractivity contribution is 6.36. The summed E-state index contributed by atoms with van der Waals surface area (Å²) in [6, 6.07) is 11.5. The van der Waals surface area contributed by atoms with Crippen LogP contribution in [0.1, 0.15) is 43.7 Å². The van der Waals surface area contributed by atoms with E-state index in [1.807, 2.05) is 0 Å². The van der Waals surface area contributed by atoms with Gasteiger partial charge in [0.1, 0.15) is 0 Å². The van der Waals surface area contributed by atoms with Crippen LogP contribution in [0.5, 0.6) is 0 Å². The highest BCUT2D eigenvalue weighted by Crippen LogP contribution is 2.32. The number of hydrogen-bond acceptors (Lipinski definition) is 4. The molecule has 7 nitrogen and oxygen atoms in total. The highest BCUT2D eigenvalue weighted by atomic mass is 35.5. The number of carbonyl (C=O) groups excluding carboxylic acids is 3. The van der Waals surface area contributed by atoms with Crippen LogP contribution in [0.4, 0.5) is 18.9 Å². The fourth-order valence-corrected chi connectivity index (χ4v) is 4.51. The molecule has 0 fully saturated rings. The lowest BCUT2D eigenvalue weighted by Gasteiger charge is -2.25. The van der Waals surface area contributed by atoms with Gasteiger partial charge in [-0.2, -0.15) is 13.2 Å². The SMILES string of the molecule is CCCC(C(N)=O)C(CCC(F)(F)F)C(=O)NC1N=C(c2ccc(Cl)cc2)c2cccc(Cl)c2NC1=O. The zero-order valence-electron chi connectivity index (χ0n) is 19.7. The number of nitrogens with zero attached hydrogens (tertiary/aromatic N) is 1. The van der Waals surface area contributed by atoms with Crippen molar-refractivity contribution in [3.63, 3.8) is 0 Å². The summed E-state index contributed by atoms with van der Waals surface area (Å²) in [4.78, 5) is 42.8. The standard InChI is InChI=1S/C25H25Cl2F3N4O3/c1-2-4-15(21(31)35)16(11-12-25(28,29)30)23(36)34-22-24(37)33-20-17(5-3-6-18(20)27)19(32-22)13-7-9-14(26)10-8-13/h3,5-10,15-16,22H,2,4,11-12H2,1H3,(H2,31,35)(H,33,37)(H,34,36). The molecule has 2 aromatic carbocycles. The topological polar surface area (TPSA) is 114 Å². The Morgan fingerprint density at radius 2 is 1.78 bits per heavy atom. The molecular weight excluding hydrogens is 532 g/mol. The van der Waals surface area contributed by atoms with Gasteiger partial charge in [-0.25, -0.2) is 4.99 Å². The third-order valence-corrected chi connectivity index (χ3v) is 6.51. The van der Waals surface area contributed by atoms with Crippen molar-refractivity contribution in [3.05, 3.63) is 63.6 Å². The number of fused-ring (bicyclic) bond motifs is 1. The third kappa shape index (κ3) is 7.23. The number of carbonyl (C=O) groups is 3. The third-order valence-electron chi connectivity index (χ3n) is 5.95. The summed E-state index contributed by atoms with van der Waals surface area (Å²) in [6.07, 6.45) is -7.51. The van der Waals surface area contributed by atoms with Crippen LogP contribution >= 0.6 is 23.2 Å². The number of primary amides is 1. The van der Waals surface area contributed by atoms with Crippen molar-refractivity contribution >= 4 is 52.3 Å². The lowest BCUT2D eigenvalue weighted by molar-refractivity contribution is -0.146. The monoisotopic (exact) mass is 556 g/mol. The van der Waals surface area contributed by atoms with E-state index in [1.165, 1.54) is 0 Å². The number of aliphatic imine (C=N–C) groups is 1. The van der Waals surface area contributed by atoms with Gasteiger partial charge in [0, 0.05) is 34.4 Å². The first-order chi connectivity index (χ1) is 17.4. The second-order valence-corrected chi connectivity index (χ2v) is 9.45. The molecule has 1 aliphatic heterocycles. The molecule has 0 spiro atoms. The first kappa shape index (κ1) is 28.5. The number of alkyl halides is 3. The highest BCUT2D eigenvalue weighted by Gasteiger charge is 2.38. The van der Waals surface area contributed by atoms with Crippen molar-refractivity contribution in [2.45, 2.75) is 44.9 Å². The van der Waals surface area contributed by atoms with E-state index < -0.39 is 54.7 Å². The fraction of sp³-hybridized carbons (Fsp3) is 0.360. The minimum atomic E-state index is -4.55. The number of nitrogens with one attached hydrogen (secondary N) is 2. The van der Waals surface area contributed by atoms with Crippen molar-refractivity contribution in [3.8, 4) is 0 Å². The Morgan fingerprint density at radius 3 is 2.38 bits per heavy atom. The molecule has 3 rings (SSSR count). The summed E-state index contributed by atoms with van der Waals surface area (Å²) in [6.45, 7) is 1.72. The molecular formula is C25H25Cl2F3N4O3. The predicted octanol–water partition coefficient (Wildman–Crippen LogP) is 5.09. The number of hydrogen-bond donors (Lipinski definition) is 3. The average molecular weight is 557 g/mol. The largest absolute Gasteiger partial charge is 0.389 e. The molecule has 0 saturated carbocycles. The van der Waals surface area contributed by atoms with Crippen LogP contribution in [0.25, 0.3) is 0 Å². The van der Waals surface area contributed by atoms with E-state index in [2.05, 4.69) is 15.6 Å². The van der Waals surface area contributed by atoms with Gasteiger partial charge in [-0.15, -0.1) is 0 Å². The first-order valence-electron chi connectivity index (χ1n) is 11.5. The first-order valence-corrected chi connectivity index (χ1v) is 12.3. The number of para-hydroxylation sites is 1. The Balaban J connectivity index is 2.01. The molecule has 2 aromatic rings. The van der Waals surface area contributed by atoms with E-state index in [1.54, 1.807) is 49.4 Å². The second kappa shape index (κ2) is 12.0. The van der Waals surface area contributed by atoms with Crippen LogP contribution in [0, 0.1) is 11.8 Å². The molecule has 3 amide bonds. The maximum absolute atomic E-state index is 13.3. The second-order valence-electron chi connectivity index (χ2n) is 8.61. The lowest BCUT2D eigenvalue weighted by Crippen LogP contribution is -2.48. The van der Waals surface area contributed by atoms with Gasteiger partial charge in [-0.3, -0.25) is 14.4 Å². The van der Waals surface area contributed by atoms with E-state index in [-0.39, 0.29) is 17.1 Å². The molecule has 37 heavy (non-hydrogen) atoms. The quantitative estimate of drug-likeness (QED) is 0.399. The molecule has 3 atom stereocenters. The summed E-state index contributed by atoms with van der Waals surface area (Å²) in [7, 11) is 0. The van der Waals surface area contributed by atoms with Crippen LogP contribution in [0.15, 0.2) is 47.5 Å². The number of halogens is 5. The summed E-state index contributed by atoms with van der Waals surface area (Å²) >= 11 is 12.3. The van der Waals surface area contributed by atoms with Crippen LogP contribution in [-0.4, -0.2) is 35.8 Å². The number of amides is 3. The molecule has 0 aliphatic carbocycles. The number of benzene rings is 2. The zero-order valence-corrected chi connectivity index (χ0v) is 21.3. The minimum absolute atomic E-state index is 0.114. The molecule has 0 bridgehead atoms. The Kier molecular flexibility index (Phi) is 9.20. The zero-order chi connectivity index (χ0) is 27.3. The van der Waals surface area contributed by atoms with Gasteiger partial charge >= 0.3 is 6.18 Å². The van der Waals surface area contributed by atoms with Gasteiger partial charge < -0.3 is 16.4 Å². The average Bonchev–Trinajstić information content (AvgIpc) is 2.95. The van der Waals surface area contributed by atoms with Crippen LogP contribution < -0.4 is 16.4 Å². The Bertz CT molecular complexity index is 1200. The van der Waals surface area contributed by atoms with Gasteiger partial charge in [-0.1, -0.05) is 60.8 Å². The summed E-state index contributed by atoms with van der Waals surface area (Å²) < 4.78 is 39.0. The number of rotatable bonds is 9. The fourth-order valence-electron chi connectivity index (χ4n) is 4.16. The molecule has 0 aromatic heterocycles. The van der Waals surface area contributed by atoms with E-state index in [0.29, 0.717) is 28.3 Å². The van der Waals surface area contributed by atoms with Crippen LogP contribution in [-0.2, 0) is 14.4 Å². The maximum Gasteiger partial charge on any atom is 0.389 e. The molecule has 1 heterocycles. The Morgan fingerprint density at radius 1 is 1.11 bits per heavy atom. The summed E-state index contributed by atoms with van der Waals surface area (Å²) in [5, 5.41) is 5.74. The van der Waals surface area contributed by atoms with Crippen molar-refractivity contribution in [2.24, 2.45) is 22.6 Å². The molecule has 0 saturated heterocycles. The van der Waals surface area contributed by atoms with Crippen LogP contribution in [0.3, 0.4) is 0 Å². The molecule has 198 valence electrons. The number of nitrogens with two attached hydrogens (primary N) is 1. The van der Waals surface area contributed by atoms with Crippen molar-refractivity contribution in [1.29, 1.82) is 0 Å². The maximum atomic E-state index is 13.3.